The number of carbonyl (C=O) groups is 2. The Bertz CT molecular complexity index is 905. The molecule has 1 saturated heterocycles. The maximum Gasteiger partial charge on any atom is 0.490 e. The summed E-state index contributed by atoms with van der Waals surface area (Å²) in [7, 11) is 0. The Labute approximate surface area is 171 Å². The van der Waals surface area contributed by atoms with E-state index >= 15 is 0 Å². The fourth-order valence-electron chi connectivity index (χ4n) is 3.83. The summed E-state index contributed by atoms with van der Waals surface area (Å²) in [5.41, 5.74) is 1.92. The van der Waals surface area contributed by atoms with Gasteiger partial charge in [-0.2, -0.15) is 13.2 Å². The molecule has 1 amide bonds. The van der Waals surface area contributed by atoms with E-state index in [9.17, 15) is 18.0 Å². The molecule has 1 aromatic heterocycles. The Hall–Kier alpha value is -3.10. The lowest BCUT2D eigenvalue weighted by atomic mass is 10.0. The second-order valence-electron chi connectivity index (χ2n) is 7.36. The maximum absolute atomic E-state index is 12.7. The average Bonchev–Trinajstić information content (AvgIpc) is 3.28. The molecule has 6 nitrogen and oxygen atoms in total. The Morgan fingerprint density at radius 3 is 2.47 bits per heavy atom. The molecule has 2 heterocycles. The number of aryl methyl sites for hydroxylation is 1. The third-order valence-electron chi connectivity index (χ3n) is 5.17. The Morgan fingerprint density at radius 2 is 1.93 bits per heavy atom. The van der Waals surface area contributed by atoms with E-state index in [2.05, 4.69) is 4.98 Å². The van der Waals surface area contributed by atoms with Gasteiger partial charge in [-0.1, -0.05) is 17.7 Å². The van der Waals surface area contributed by atoms with Gasteiger partial charge in [0.2, 0.25) is 0 Å². The van der Waals surface area contributed by atoms with Crippen molar-refractivity contribution in [1.29, 1.82) is 0 Å². The van der Waals surface area contributed by atoms with Crippen LogP contribution in [0.2, 0.25) is 0 Å². The molecule has 2 aliphatic rings. The third-order valence-corrected chi connectivity index (χ3v) is 5.17. The van der Waals surface area contributed by atoms with Gasteiger partial charge in [-0.25, -0.2) is 4.79 Å². The summed E-state index contributed by atoms with van der Waals surface area (Å²) in [6, 6.07) is 12.0. The summed E-state index contributed by atoms with van der Waals surface area (Å²) >= 11 is 0. The number of fused-ring (bicyclic) bond motifs is 2. The van der Waals surface area contributed by atoms with Crippen molar-refractivity contribution in [1.82, 2.24) is 9.88 Å². The van der Waals surface area contributed by atoms with Crippen molar-refractivity contribution < 1.29 is 32.6 Å². The van der Waals surface area contributed by atoms with E-state index in [1.54, 1.807) is 12.4 Å². The van der Waals surface area contributed by atoms with Crippen LogP contribution in [0.1, 0.15) is 28.8 Å². The highest BCUT2D eigenvalue weighted by atomic mass is 19.4. The quantitative estimate of drug-likeness (QED) is 0.816. The van der Waals surface area contributed by atoms with Crippen LogP contribution < -0.4 is 4.74 Å². The van der Waals surface area contributed by atoms with Crippen LogP contribution >= 0.6 is 0 Å². The lowest BCUT2D eigenvalue weighted by Gasteiger charge is -2.31. The number of rotatable bonds is 3. The standard InChI is InChI=1S/C19H20N2O2.C2HF3O2/c1-13-4-2-5-14(8-13)19(22)21-12-15-9-16(21)10-18(15)23-17-6-3-7-20-11-17;3-2(4,5)1(6)7/h2-8,11,15-16,18H,9-10,12H2,1H3;(H,6,7)/t15?,16?,18-;/m0./s1. The summed E-state index contributed by atoms with van der Waals surface area (Å²) in [6.45, 7) is 2.81. The normalized spacial score (nSPS) is 22.3. The van der Waals surface area contributed by atoms with Gasteiger partial charge in [0.1, 0.15) is 11.9 Å². The number of carboxylic acids is 1. The highest BCUT2D eigenvalue weighted by Gasteiger charge is 2.47. The zero-order valence-corrected chi connectivity index (χ0v) is 16.2. The zero-order valence-electron chi connectivity index (χ0n) is 16.2. The number of hydrogen-bond acceptors (Lipinski definition) is 4. The minimum Gasteiger partial charge on any atom is -0.488 e. The van der Waals surface area contributed by atoms with Crippen LogP contribution in [0.4, 0.5) is 13.2 Å². The predicted molar refractivity (Wildman–Crippen MR) is 101 cm³/mol. The summed E-state index contributed by atoms with van der Waals surface area (Å²) in [5.74, 6) is -1.36. The second-order valence-corrected chi connectivity index (χ2v) is 7.36. The molecule has 1 aliphatic heterocycles. The van der Waals surface area contributed by atoms with Gasteiger partial charge in [0.15, 0.2) is 0 Å². The lowest BCUT2D eigenvalue weighted by molar-refractivity contribution is -0.192. The lowest BCUT2D eigenvalue weighted by Crippen LogP contribution is -2.43. The maximum atomic E-state index is 12.7. The third kappa shape index (κ3) is 5.08. The molecule has 9 heteroatoms. The number of alkyl halides is 3. The van der Waals surface area contributed by atoms with E-state index in [4.69, 9.17) is 14.6 Å². The van der Waals surface area contributed by atoms with E-state index in [-0.39, 0.29) is 12.0 Å². The van der Waals surface area contributed by atoms with Crippen LogP contribution in [0.15, 0.2) is 48.8 Å². The van der Waals surface area contributed by atoms with Crippen LogP contribution in [0.5, 0.6) is 5.75 Å². The first kappa shape index (κ1) is 21.6. The molecule has 2 bridgehead atoms. The predicted octanol–water partition coefficient (Wildman–Crippen LogP) is 3.71. The number of benzene rings is 1. The van der Waals surface area contributed by atoms with Crippen molar-refractivity contribution >= 4 is 11.9 Å². The first-order valence-corrected chi connectivity index (χ1v) is 9.39. The molecule has 1 N–H and O–H groups in total. The molecule has 2 fully saturated rings. The van der Waals surface area contributed by atoms with Gasteiger partial charge in [-0.05, 0) is 37.6 Å². The molecular formula is C21H21F3N2O4. The molecule has 2 aromatic rings. The van der Waals surface area contributed by atoms with Gasteiger partial charge in [0.05, 0.1) is 6.20 Å². The van der Waals surface area contributed by atoms with Crippen molar-refractivity contribution in [2.45, 2.75) is 38.1 Å². The second kappa shape index (κ2) is 8.73. The van der Waals surface area contributed by atoms with Crippen LogP contribution in [0.3, 0.4) is 0 Å². The minimum atomic E-state index is -5.08. The Kier molecular flexibility index (Phi) is 6.28. The monoisotopic (exact) mass is 422 g/mol. The molecule has 0 spiro atoms. The van der Waals surface area contributed by atoms with Crippen LogP contribution in [0, 0.1) is 12.8 Å². The number of hydrogen-bond donors (Lipinski definition) is 1. The first-order valence-electron chi connectivity index (χ1n) is 9.39. The van der Waals surface area contributed by atoms with Crippen molar-refractivity contribution in [3.63, 3.8) is 0 Å². The minimum absolute atomic E-state index is 0.154. The van der Waals surface area contributed by atoms with E-state index in [0.29, 0.717) is 12.0 Å². The fraction of sp³-hybridized carbons (Fsp3) is 0.381. The number of carbonyl (C=O) groups excluding carboxylic acids is 1. The number of piperidine rings is 1. The number of likely N-dealkylation sites (tertiary alicyclic amines) is 1. The van der Waals surface area contributed by atoms with Crippen LogP contribution in [0.25, 0.3) is 0 Å². The van der Waals surface area contributed by atoms with Gasteiger partial charge in [-0.3, -0.25) is 9.78 Å². The molecule has 1 aromatic carbocycles. The number of halogens is 3. The first-order chi connectivity index (χ1) is 14.1. The van der Waals surface area contributed by atoms with Crippen LogP contribution in [-0.4, -0.2) is 51.7 Å². The zero-order chi connectivity index (χ0) is 21.9. The summed E-state index contributed by atoms with van der Waals surface area (Å²) < 4.78 is 37.8. The van der Waals surface area contributed by atoms with Crippen molar-refractivity contribution in [3.8, 4) is 5.75 Å². The number of aliphatic carboxylic acids is 1. The SMILES string of the molecule is Cc1cccc(C(=O)N2CC3CC2C[C@@H]3Oc2cccnc2)c1.O=C(O)C(F)(F)F. The van der Waals surface area contributed by atoms with Crippen molar-refractivity contribution in [2.75, 3.05) is 6.54 Å². The molecule has 30 heavy (non-hydrogen) atoms. The summed E-state index contributed by atoms with van der Waals surface area (Å²) in [5, 5.41) is 7.12. The number of ether oxygens (including phenoxy) is 1. The molecule has 160 valence electrons. The van der Waals surface area contributed by atoms with Gasteiger partial charge < -0.3 is 14.7 Å². The Balaban J connectivity index is 0.000000318. The van der Waals surface area contributed by atoms with Gasteiger partial charge >= 0.3 is 12.1 Å². The molecule has 3 atom stereocenters. The molecule has 2 unspecified atom stereocenters. The van der Waals surface area contributed by atoms with Gasteiger partial charge in [0, 0.05) is 36.7 Å². The number of pyridine rings is 1. The highest BCUT2D eigenvalue weighted by molar-refractivity contribution is 5.95. The fourth-order valence-corrected chi connectivity index (χ4v) is 3.83. The van der Waals surface area contributed by atoms with Crippen molar-refractivity contribution in [3.05, 3.63) is 59.9 Å². The average molecular weight is 422 g/mol. The van der Waals surface area contributed by atoms with Crippen molar-refractivity contribution in [2.24, 2.45) is 5.92 Å². The number of aromatic nitrogens is 1. The van der Waals surface area contributed by atoms with Gasteiger partial charge in [0.25, 0.3) is 5.91 Å². The van der Waals surface area contributed by atoms with Gasteiger partial charge in [-0.15, -0.1) is 0 Å². The molecule has 1 aliphatic carbocycles. The molecule has 0 radical (unpaired) electrons. The van der Waals surface area contributed by atoms with E-state index in [1.807, 2.05) is 48.2 Å². The molecule has 4 rings (SSSR count). The van der Waals surface area contributed by atoms with E-state index < -0.39 is 12.1 Å². The highest BCUT2D eigenvalue weighted by Crippen LogP contribution is 2.40. The molecular weight excluding hydrogens is 401 g/mol. The van der Waals surface area contributed by atoms with E-state index in [0.717, 1.165) is 36.3 Å². The Morgan fingerprint density at radius 1 is 1.20 bits per heavy atom. The number of carboxylic acid groups (broad SMARTS) is 1. The largest absolute Gasteiger partial charge is 0.490 e. The number of nitrogens with zero attached hydrogens (tertiary/aromatic N) is 2. The summed E-state index contributed by atoms with van der Waals surface area (Å²) in [6.07, 6.45) is 0.572. The smallest absolute Gasteiger partial charge is 0.488 e. The number of amides is 1. The summed E-state index contributed by atoms with van der Waals surface area (Å²) in [4.78, 5) is 27.7. The van der Waals surface area contributed by atoms with E-state index in [1.165, 1.54) is 0 Å². The topological polar surface area (TPSA) is 79.7 Å². The van der Waals surface area contributed by atoms with Crippen LogP contribution in [-0.2, 0) is 4.79 Å². The molecule has 1 saturated carbocycles.